The van der Waals surface area contributed by atoms with Crippen LogP contribution in [0.25, 0.3) is 0 Å². The average Bonchev–Trinajstić information content (AvgIpc) is 2.94. The molecule has 0 spiro atoms. The van der Waals surface area contributed by atoms with Gasteiger partial charge in [-0.05, 0) is 42.8 Å². The fourth-order valence-corrected chi connectivity index (χ4v) is 4.30. The summed E-state index contributed by atoms with van der Waals surface area (Å²) in [4.78, 5) is 28.2. The molecule has 2 amide bonds. The Morgan fingerprint density at radius 2 is 1.85 bits per heavy atom. The van der Waals surface area contributed by atoms with Gasteiger partial charge in [0.05, 0.1) is 5.25 Å². The lowest BCUT2D eigenvalue weighted by molar-refractivity contribution is -0.129. The van der Waals surface area contributed by atoms with E-state index in [0.717, 1.165) is 5.56 Å². The van der Waals surface area contributed by atoms with Crippen molar-refractivity contribution < 1.29 is 18.4 Å². The summed E-state index contributed by atoms with van der Waals surface area (Å²) < 4.78 is 26.5. The lowest BCUT2D eigenvalue weighted by atomic mass is 10.2. The molecule has 2 unspecified atom stereocenters. The van der Waals surface area contributed by atoms with Crippen LogP contribution in [0, 0.1) is 11.6 Å². The zero-order valence-electron chi connectivity index (χ0n) is 15.1. The molecule has 27 heavy (non-hydrogen) atoms. The van der Waals surface area contributed by atoms with Gasteiger partial charge in [0.1, 0.15) is 17.0 Å². The second-order valence-corrected chi connectivity index (χ2v) is 7.88. The fourth-order valence-electron chi connectivity index (χ4n) is 2.99. The molecule has 0 radical (unpaired) electrons. The maximum absolute atomic E-state index is 13.3. The molecule has 2 atom stereocenters. The smallest absolute Gasteiger partial charge is 0.253 e. The third kappa shape index (κ3) is 4.30. The first-order chi connectivity index (χ1) is 12.9. The maximum Gasteiger partial charge on any atom is 0.253 e. The van der Waals surface area contributed by atoms with E-state index in [0.29, 0.717) is 13.1 Å². The Morgan fingerprint density at radius 1 is 1.15 bits per heavy atom. The Morgan fingerprint density at radius 3 is 2.52 bits per heavy atom. The van der Waals surface area contributed by atoms with Crippen molar-refractivity contribution in [2.24, 2.45) is 0 Å². The molecule has 1 saturated heterocycles. The number of hydrogen-bond donors (Lipinski definition) is 0. The summed E-state index contributed by atoms with van der Waals surface area (Å²) in [6.07, 6.45) is 0. The number of likely N-dealkylation sites (N-methyl/N-ethyl adjacent to an activating group) is 1. The van der Waals surface area contributed by atoms with Crippen LogP contribution in [-0.2, 0) is 4.79 Å². The second-order valence-electron chi connectivity index (χ2n) is 6.45. The van der Waals surface area contributed by atoms with Gasteiger partial charge < -0.3 is 9.80 Å². The van der Waals surface area contributed by atoms with E-state index in [2.05, 4.69) is 0 Å². The summed E-state index contributed by atoms with van der Waals surface area (Å²) in [6.45, 7) is 2.49. The van der Waals surface area contributed by atoms with Crippen LogP contribution in [0.2, 0.25) is 0 Å². The van der Waals surface area contributed by atoms with Crippen LogP contribution in [-0.4, -0.2) is 47.0 Å². The zero-order chi connectivity index (χ0) is 19.6. The van der Waals surface area contributed by atoms with Crippen molar-refractivity contribution in [2.75, 3.05) is 20.1 Å². The van der Waals surface area contributed by atoms with E-state index in [9.17, 15) is 18.4 Å². The highest BCUT2D eigenvalue weighted by molar-refractivity contribution is 8.01. The van der Waals surface area contributed by atoms with Gasteiger partial charge in [-0.2, -0.15) is 0 Å². The summed E-state index contributed by atoms with van der Waals surface area (Å²) in [5.74, 6) is -1.11. The van der Waals surface area contributed by atoms with Crippen LogP contribution in [0.1, 0.15) is 28.2 Å². The number of benzene rings is 2. The van der Waals surface area contributed by atoms with Gasteiger partial charge in [-0.25, -0.2) is 8.78 Å². The molecule has 1 aliphatic rings. The third-order valence-corrected chi connectivity index (χ3v) is 5.89. The minimum absolute atomic E-state index is 0.0130. The molecule has 0 N–H and O–H groups in total. The van der Waals surface area contributed by atoms with Crippen molar-refractivity contribution in [3.05, 3.63) is 71.3 Å². The van der Waals surface area contributed by atoms with Crippen molar-refractivity contribution in [3.8, 4) is 0 Å². The van der Waals surface area contributed by atoms with E-state index in [1.807, 2.05) is 6.92 Å². The molecule has 3 rings (SSSR count). The Hall–Kier alpha value is -2.41. The number of carbonyl (C=O) groups excluding carboxylic acids is 2. The highest BCUT2D eigenvalue weighted by Crippen LogP contribution is 2.42. The number of thioether (sulfide) groups is 1. The fraction of sp³-hybridized carbons (Fsp3) is 0.300. The Kier molecular flexibility index (Phi) is 5.79. The highest BCUT2D eigenvalue weighted by Gasteiger charge is 2.38. The van der Waals surface area contributed by atoms with Gasteiger partial charge in [0.25, 0.3) is 5.91 Å². The molecule has 1 aliphatic heterocycles. The first-order valence-electron chi connectivity index (χ1n) is 8.59. The molecule has 0 aliphatic carbocycles. The molecular weight excluding hydrogens is 370 g/mol. The van der Waals surface area contributed by atoms with Crippen LogP contribution < -0.4 is 0 Å². The van der Waals surface area contributed by atoms with Gasteiger partial charge in [-0.3, -0.25) is 9.59 Å². The normalized spacial score (nSPS) is 19.4. The maximum atomic E-state index is 13.3. The SMILES string of the molecule is CC1SC(c2ccc(F)cc2)N(CCN(C)C(=O)c2cccc(F)c2)C1=O. The van der Waals surface area contributed by atoms with E-state index in [-0.39, 0.29) is 33.8 Å². The Balaban J connectivity index is 1.69. The van der Waals surface area contributed by atoms with Gasteiger partial charge in [0, 0.05) is 25.7 Å². The molecule has 2 aromatic rings. The number of hydrogen-bond acceptors (Lipinski definition) is 3. The van der Waals surface area contributed by atoms with Crippen molar-refractivity contribution in [3.63, 3.8) is 0 Å². The minimum Gasteiger partial charge on any atom is -0.340 e. The monoisotopic (exact) mass is 390 g/mol. The summed E-state index contributed by atoms with van der Waals surface area (Å²) in [6, 6.07) is 11.6. The van der Waals surface area contributed by atoms with Gasteiger partial charge in [0.2, 0.25) is 5.91 Å². The number of amides is 2. The van der Waals surface area contributed by atoms with Crippen molar-refractivity contribution >= 4 is 23.6 Å². The molecular formula is C20H20F2N2O2S. The van der Waals surface area contributed by atoms with E-state index in [4.69, 9.17) is 0 Å². The summed E-state index contributed by atoms with van der Waals surface area (Å²) in [5.41, 5.74) is 1.11. The number of rotatable bonds is 5. The predicted molar refractivity (Wildman–Crippen MR) is 101 cm³/mol. The van der Waals surface area contributed by atoms with Crippen molar-refractivity contribution in [2.45, 2.75) is 17.5 Å². The van der Waals surface area contributed by atoms with E-state index in [1.54, 1.807) is 30.1 Å². The highest BCUT2D eigenvalue weighted by atomic mass is 32.2. The minimum atomic E-state index is -0.467. The summed E-state index contributed by atoms with van der Waals surface area (Å²) in [5, 5.41) is -0.421. The second kappa shape index (κ2) is 8.08. The van der Waals surface area contributed by atoms with Crippen molar-refractivity contribution in [1.82, 2.24) is 9.80 Å². The van der Waals surface area contributed by atoms with Gasteiger partial charge >= 0.3 is 0 Å². The molecule has 0 aromatic heterocycles. The van der Waals surface area contributed by atoms with E-state index in [1.165, 1.54) is 47.0 Å². The van der Waals surface area contributed by atoms with Gasteiger partial charge in [-0.15, -0.1) is 11.8 Å². The molecule has 1 heterocycles. The van der Waals surface area contributed by atoms with Gasteiger partial charge in [-0.1, -0.05) is 18.2 Å². The molecule has 4 nitrogen and oxygen atoms in total. The van der Waals surface area contributed by atoms with E-state index >= 15 is 0 Å². The molecule has 7 heteroatoms. The third-order valence-electron chi connectivity index (χ3n) is 4.50. The standard InChI is InChI=1S/C20H20F2N2O2S/c1-13-18(25)24(20(27-13)14-6-8-16(21)9-7-14)11-10-23(2)19(26)15-4-3-5-17(22)12-15/h3-9,12-13,20H,10-11H2,1-2H3. The van der Waals surface area contributed by atoms with Crippen LogP contribution in [0.5, 0.6) is 0 Å². The summed E-state index contributed by atoms with van der Waals surface area (Å²) >= 11 is 1.50. The Bertz CT molecular complexity index is 844. The van der Waals surface area contributed by atoms with Crippen molar-refractivity contribution in [1.29, 1.82) is 0 Å². The zero-order valence-corrected chi connectivity index (χ0v) is 15.9. The van der Waals surface area contributed by atoms with Crippen LogP contribution in [0.3, 0.4) is 0 Å². The number of halogens is 2. The lowest BCUT2D eigenvalue weighted by Gasteiger charge is -2.27. The largest absolute Gasteiger partial charge is 0.340 e. The molecule has 1 fully saturated rings. The molecule has 0 bridgehead atoms. The molecule has 0 saturated carbocycles. The topological polar surface area (TPSA) is 40.6 Å². The van der Waals surface area contributed by atoms with Crippen LogP contribution in [0.15, 0.2) is 48.5 Å². The van der Waals surface area contributed by atoms with Crippen LogP contribution >= 0.6 is 11.8 Å². The number of carbonyl (C=O) groups is 2. The quantitative estimate of drug-likeness (QED) is 0.782. The molecule has 142 valence electrons. The molecule has 2 aromatic carbocycles. The first kappa shape index (κ1) is 19.4. The van der Waals surface area contributed by atoms with E-state index < -0.39 is 5.82 Å². The first-order valence-corrected chi connectivity index (χ1v) is 9.53. The summed E-state index contributed by atoms with van der Waals surface area (Å²) in [7, 11) is 1.62. The predicted octanol–water partition coefficient (Wildman–Crippen LogP) is 3.70. The number of nitrogens with zero attached hydrogens (tertiary/aromatic N) is 2. The van der Waals surface area contributed by atoms with Crippen LogP contribution in [0.4, 0.5) is 8.78 Å². The Labute approximate surface area is 161 Å². The van der Waals surface area contributed by atoms with Gasteiger partial charge in [0.15, 0.2) is 0 Å². The average molecular weight is 390 g/mol. The lowest BCUT2D eigenvalue weighted by Crippen LogP contribution is -2.39.